The summed E-state index contributed by atoms with van der Waals surface area (Å²) in [4.78, 5) is 23.7. The molecule has 0 aliphatic heterocycles. The second-order valence-electron chi connectivity index (χ2n) is 5.99. The summed E-state index contributed by atoms with van der Waals surface area (Å²) in [6.07, 6.45) is 0. The summed E-state index contributed by atoms with van der Waals surface area (Å²) in [5.74, 6) is 0.938. The molecular weight excluding hydrogens is 346 g/mol. The maximum Gasteiger partial charge on any atom is 0.315 e. The van der Waals surface area contributed by atoms with E-state index < -0.39 is 6.03 Å². The van der Waals surface area contributed by atoms with Crippen LogP contribution in [0, 0.1) is 6.92 Å². The van der Waals surface area contributed by atoms with Crippen molar-refractivity contribution in [3.8, 4) is 11.5 Å². The molecule has 0 aromatic heterocycles. The van der Waals surface area contributed by atoms with Crippen LogP contribution in [0.1, 0.15) is 16.7 Å². The first-order valence-corrected chi connectivity index (χ1v) is 8.56. The van der Waals surface area contributed by atoms with Crippen molar-refractivity contribution in [3.63, 3.8) is 0 Å². The minimum Gasteiger partial charge on any atom is -0.493 e. The molecule has 2 aromatic rings. The SMILES string of the molecule is COc1ccc(CNC(=O)CNC(=O)NCc2ccc(C)cc2)cc1OC. The van der Waals surface area contributed by atoms with E-state index in [-0.39, 0.29) is 12.5 Å². The number of amides is 3. The highest BCUT2D eigenvalue weighted by molar-refractivity contribution is 5.83. The Morgan fingerprint density at radius 3 is 2.11 bits per heavy atom. The highest BCUT2D eigenvalue weighted by Crippen LogP contribution is 2.27. The number of hydrogen-bond donors (Lipinski definition) is 3. The molecule has 0 spiro atoms. The van der Waals surface area contributed by atoms with Gasteiger partial charge in [-0.3, -0.25) is 4.79 Å². The van der Waals surface area contributed by atoms with Gasteiger partial charge in [0.05, 0.1) is 20.8 Å². The lowest BCUT2D eigenvalue weighted by atomic mass is 10.1. The Hall–Kier alpha value is -3.22. The van der Waals surface area contributed by atoms with Crippen LogP contribution < -0.4 is 25.4 Å². The van der Waals surface area contributed by atoms with Gasteiger partial charge in [0, 0.05) is 13.1 Å². The van der Waals surface area contributed by atoms with E-state index in [1.807, 2.05) is 37.3 Å². The summed E-state index contributed by atoms with van der Waals surface area (Å²) in [5, 5.41) is 7.99. The molecule has 0 atom stereocenters. The van der Waals surface area contributed by atoms with Crippen molar-refractivity contribution in [2.24, 2.45) is 0 Å². The van der Waals surface area contributed by atoms with Gasteiger partial charge in [-0.2, -0.15) is 0 Å². The molecule has 7 heteroatoms. The smallest absolute Gasteiger partial charge is 0.315 e. The molecule has 0 bridgehead atoms. The predicted molar refractivity (Wildman–Crippen MR) is 103 cm³/mol. The second-order valence-corrected chi connectivity index (χ2v) is 5.99. The minimum absolute atomic E-state index is 0.104. The lowest BCUT2D eigenvalue weighted by molar-refractivity contribution is -0.120. The predicted octanol–water partition coefficient (Wildman–Crippen LogP) is 2.13. The summed E-state index contributed by atoms with van der Waals surface area (Å²) < 4.78 is 10.4. The van der Waals surface area contributed by atoms with E-state index in [9.17, 15) is 9.59 Å². The van der Waals surface area contributed by atoms with E-state index in [2.05, 4.69) is 16.0 Å². The molecule has 3 amide bonds. The molecule has 2 aromatic carbocycles. The number of aryl methyl sites for hydroxylation is 1. The van der Waals surface area contributed by atoms with Crippen molar-refractivity contribution in [3.05, 3.63) is 59.2 Å². The highest BCUT2D eigenvalue weighted by Gasteiger charge is 2.07. The fourth-order valence-corrected chi connectivity index (χ4v) is 2.37. The van der Waals surface area contributed by atoms with Crippen LogP contribution in [0.25, 0.3) is 0 Å². The molecule has 2 rings (SSSR count). The number of nitrogens with one attached hydrogen (secondary N) is 3. The average Bonchev–Trinajstić information content (AvgIpc) is 2.69. The van der Waals surface area contributed by atoms with Gasteiger partial charge in [-0.05, 0) is 30.2 Å². The second kappa shape index (κ2) is 10.1. The molecule has 0 saturated heterocycles. The van der Waals surface area contributed by atoms with Gasteiger partial charge in [-0.25, -0.2) is 4.79 Å². The lowest BCUT2D eigenvalue weighted by Crippen LogP contribution is -2.41. The van der Waals surface area contributed by atoms with Crippen LogP contribution in [0.3, 0.4) is 0 Å². The zero-order chi connectivity index (χ0) is 19.6. The third-order valence-corrected chi connectivity index (χ3v) is 3.92. The zero-order valence-corrected chi connectivity index (χ0v) is 15.8. The summed E-state index contributed by atoms with van der Waals surface area (Å²) in [5.41, 5.74) is 3.02. The molecule has 3 N–H and O–H groups in total. The monoisotopic (exact) mass is 371 g/mol. The van der Waals surface area contributed by atoms with Gasteiger partial charge in [0.1, 0.15) is 0 Å². The number of carbonyl (C=O) groups is 2. The summed E-state index contributed by atoms with van der Waals surface area (Å²) >= 11 is 0. The lowest BCUT2D eigenvalue weighted by Gasteiger charge is -2.11. The van der Waals surface area contributed by atoms with Crippen LogP contribution in [0.4, 0.5) is 4.79 Å². The van der Waals surface area contributed by atoms with E-state index in [4.69, 9.17) is 9.47 Å². The standard InChI is InChI=1S/C20H25N3O4/c1-14-4-6-15(7-5-14)11-22-20(25)23-13-19(24)21-12-16-8-9-17(26-2)18(10-16)27-3/h4-10H,11-13H2,1-3H3,(H,21,24)(H2,22,23,25). The molecule has 144 valence electrons. The van der Waals surface area contributed by atoms with Crippen LogP contribution in [-0.2, 0) is 17.9 Å². The van der Waals surface area contributed by atoms with Crippen molar-refractivity contribution >= 4 is 11.9 Å². The third kappa shape index (κ3) is 6.54. The van der Waals surface area contributed by atoms with E-state index in [1.54, 1.807) is 26.4 Å². The Bertz CT molecular complexity index is 775. The topological polar surface area (TPSA) is 88.7 Å². The molecular formula is C20H25N3O4. The summed E-state index contributed by atoms with van der Waals surface area (Å²) in [6.45, 7) is 2.63. The maximum atomic E-state index is 11.9. The van der Waals surface area contributed by atoms with Gasteiger partial charge in [-0.1, -0.05) is 35.9 Å². The fourth-order valence-electron chi connectivity index (χ4n) is 2.37. The molecule has 7 nitrogen and oxygen atoms in total. The third-order valence-electron chi connectivity index (χ3n) is 3.92. The summed E-state index contributed by atoms with van der Waals surface area (Å²) in [6, 6.07) is 12.9. The van der Waals surface area contributed by atoms with Gasteiger partial charge in [0.25, 0.3) is 0 Å². The van der Waals surface area contributed by atoms with Crippen molar-refractivity contribution in [2.75, 3.05) is 20.8 Å². The average molecular weight is 371 g/mol. The molecule has 0 aliphatic rings. The molecule has 0 saturated carbocycles. The maximum absolute atomic E-state index is 11.9. The van der Waals surface area contributed by atoms with Crippen LogP contribution in [-0.4, -0.2) is 32.7 Å². The first-order valence-electron chi connectivity index (χ1n) is 8.56. The largest absolute Gasteiger partial charge is 0.493 e. The molecule has 27 heavy (non-hydrogen) atoms. The molecule has 0 heterocycles. The van der Waals surface area contributed by atoms with Crippen molar-refractivity contribution in [1.29, 1.82) is 0 Å². The van der Waals surface area contributed by atoms with Crippen molar-refractivity contribution < 1.29 is 19.1 Å². The number of rotatable bonds is 8. The van der Waals surface area contributed by atoms with Gasteiger partial charge < -0.3 is 25.4 Å². The number of urea groups is 1. The van der Waals surface area contributed by atoms with Crippen LogP contribution in [0.15, 0.2) is 42.5 Å². The van der Waals surface area contributed by atoms with E-state index in [0.29, 0.717) is 24.6 Å². The van der Waals surface area contributed by atoms with Crippen LogP contribution in [0.5, 0.6) is 11.5 Å². The molecule has 0 unspecified atom stereocenters. The molecule has 0 aliphatic carbocycles. The molecule has 0 fully saturated rings. The Morgan fingerprint density at radius 2 is 1.44 bits per heavy atom. The number of ether oxygens (including phenoxy) is 2. The van der Waals surface area contributed by atoms with E-state index in [1.165, 1.54) is 0 Å². The van der Waals surface area contributed by atoms with Crippen molar-refractivity contribution in [2.45, 2.75) is 20.0 Å². The zero-order valence-electron chi connectivity index (χ0n) is 15.8. The van der Waals surface area contributed by atoms with Crippen LogP contribution >= 0.6 is 0 Å². The van der Waals surface area contributed by atoms with Gasteiger partial charge in [0.2, 0.25) is 5.91 Å². The Morgan fingerprint density at radius 1 is 0.815 bits per heavy atom. The summed E-state index contributed by atoms with van der Waals surface area (Å²) in [7, 11) is 3.12. The number of benzene rings is 2. The van der Waals surface area contributed by atoms with Crippen LogP contribution in [0.2, 0.25) is 0 Å². The molecule has 0 radical (unpaired) electrons. The Kier molecular flexibility index (Phi) is 7.49. The van der Waals surface area contributed by atoms with Gasteiger partial charge in [-0.15, -0.1) is 0 Å². The van der Waals surface area contributed by atoms with E-state index in [0.717, 1.165) is 16.7 Å². The van der Waals surface area contributed by atoms with Gasteiger partial charge >= 0.3 is 6.03 Å². The minimum atomic E-state index is -0.392. The quantitative estimate of drug-likeness (QED) is 0.663. The number of carbonyl (C=O) groups excluding carboxylic acids is 2. The van der Waals surface area contributed by atoms with E-state index >= 15 is 0 Å². The Labute approximate surface area is 159 Å². The normalized spacial score (nSPS) is 10.0. The van der Waals surface area contributed by atoms with Crippen molar-refractivity contribution in [1.82, 2.24) is 16.0 Å². The number of hydrogen-bond acceptors (Lipinski definition) is 4. The first-order chi connectivity index (χ1) is 13.0. The highest BCUT2D eigenvalue weighted by atomic mass is 16.5. The van der Waals surface area contributed by atoms with Gasteiger partial charge in [0.15, 0.2) is 11.5 Å². The Balaban J connectivity index is 1.71. The first kappa shape index (κ1) is 20.1. The number of methoxy groups -OCH3 is 2. The fraction of sp³-hybridized carbons (Fsp3) is 0.300.